The molecule has 0 aliphatic rings. The summed E-state index contributed by atoms with van der Waals surface area (Å²) in [6.07, 6.45) is -2.87. The van der Waals surface area contributed by atoms with E-state index in [-0.39, 0.29) is 12.2 Å². The average molecular weight is 412 g/mol. The zero-order chi connectivity index (χ0) is 20.5. The molecule has 0 amide bonds. The van der Waals surface area contributed by atoms with Gasteiger partial charge in [-0.25, -0.2) is 0 Å². The predicted molar refractivity (Wildman–Crippen MR) is 101 cm³/mol. The molecule has 0 aliphatic carbocycles. The summed E-state index contributed by atoms with van der Waals surface area (Å²) in [6, 6.07) is 8.26. The Morgan fingerprint density at radius 1 is 1.21 bits per heavy atom. The molecule has 0 fully saturated rings. The second-order valence-electron chi connectivity index (χ2n) is 6.37. The maximum atomic E-state index is 12.7. The highest BCUT2D eigenvalue weighted by Gasteiger charge is 2.27. The van der Waals surface area contributed by atoms with Crippen molar-refractivity contribution in [2.45, 2.75) is 26.6 Å². The van der Waals surface area contributed by atoms with Crippen LogP contribution in [0.4, 0.5) is 18.9 Å². The third kappa shape index (κ3) is 4.56. The van der Waals surface area contributed by atoms with Crippen LogP contribution in [0.1, 0.15) is 17.0 Å². The van der Waals surface area contributed by atoms with E-state index in [4.69, 9.17) is 16.1 Å². The summed E-state index contributed by atoms with van der Waals surface area (Å²) in [4.78, 5) is 12.7. The van der Waals surface area contributed by atoms with E-state index < -0.39 is 18.3 Å². The number of halogens is 4. The van der Waals surface area contributed by atoms with Gasteiger partial charge in [0, 0.05) is 22.3 Å². The van der Waals surface area contributed by atoms with E-state index in [9.17, 15) is 18.0 Å². The zero-order valence-electron chi connectivity index (χ0n) is 15.1. The molecule has 3 rings (SSSR count). The van der Waals surface area contributed by atoms with Crippen LogP contribution in [0.3, 0.4) is 0 Å². The Morgan fingerprint density at radius 2 is 1.89 bits per heavy atom. The van der Waals surface area contributed by atoms with E-state index in [2.05, 4.69) is 10.5 Å². The summed E-state index contributed by atoms with van der Waals surface area (Å²) in [7, 11) is 0. The van der Waals surface area contributed by atoms with Crippen LogP contribution in [-0.2, 0) is 6.54 Å². The van der Waals surface area contributed by atoms with Gasteiger partial charge in [-0.2, -0.15) is 13.2 Å². The molecule has 0 unspecified atom stereocenters. The molecule has 1 N–H and O–H groups in total. The third-order valence-corrected chi connectivity index (χ3v) is 4.41. The standard InChI is InChI=1S/C19H17ClF3N3O2/c1-11-17(12(2)28-25-11)14-7-16(24-10-19(21,22)23)18(27)26(9-14)8-13-3-5-15(20)6-4-13/h3-7,9,24H,8,10H2,1-2H3. The maximum Gasteiger partial charge on any atom is 0.405 e. The monoisotopic (exact) mass is 411 g/mol. The Bertz CT molecular complexity index is 1020. The normalized spacial score (nSPS) is 11.6. The van der Waals surface area contributed by atoms with Crippen LogP contribution >= 0.6 is 11.6 Å². The molecule has 0 spiro atoms. The van der Waals surface area contributed by atoms with E-state index in [0.717, 1.165) is 5.56 Å². The van der Waals surface area contributed by atoms with Gasteiger partial charge in [0.15, 0.2) is 0 Å². The Balaban J connectivity index is 2.07. The molecule has 0 radical (unpaired) electrons. The summed E-state index contributed by atoms with van der Waals surface area (Å²) in [5, 5.41) is 6.62. The first-order chi connectivity index (χ1) is 13.1. The smallest absolute Gasteiger partial charge is 0.372 e. The number of hydrogen-bond acceptors (Lipinski definition) is 4. The van der Waals surface area contributed by atoms with E-state index in [1.54, 1.807) is 44.3 Å². The molecule has 5 nitrogen and oxygen atoms in total. The minimum atomic E-state index is -4.45. The second-order valence-corrected chi connectivity index (χ2v) is 6.81. The first-order valence-electron chi connectivity index (χ1n) is 8.37. The Hall–Kier alpha value is -2.74. The lowest BCUT2D eigenvalue weighted by Crippen LogP contribution is -2.28. The zero-order valence-corrected chi connectivity index (χ0v) is 15.9. The number of nitrogens with one attached hydrogen (secondary N) is 1. The fourth-order valence-electron chi connectivity index (χ4n) is 2.89. The van der Waals surface area contributed by atoms with Gasteiger partial charge in [0.25, 0.3) is 5.56 Å². The molecule has 3 aromatic rings. The molecule has 148 valence electrons. The van der Waals surface area contributed by atoms with Crippen molar-refractivity contribution in [3.63, 3.8) is 0 Å². The molecule has 0 bridgehead atoms. The topological polar surface area (TPSA) is 60.1 Å². The molecular weight excluding hydrogens is 395 g/mol. The van der Waals surface area contributed by atoms with Crippen LogP contribution in [0, 0.1) is 13.8 Å². The fourth-order valence-corrected chi connectivity index (χ4v) is 3.02. The van der Waals surface area contributed by atoms with Gasteiger partial charge in [0.05, 0.1) is 12.2 Å². The molecule has 28 heavy (non-hydrogen) atoms. The van der Waals surface area contributed by atoms with Crippen LogP contribution in [0.2, 0.25) is 5.02 Å². The van der Waals surface area contributed by atoms with Crippen LogP contribution in [0.5, 0.6) is 0 Å². The molecule has 0 atom stereocenters. The van der Waals surface area contributed by atoms with E-state index in [0.29, 0.717) is 27.6 Å². The summed E-state index contributed by atoms with van der Waals surface area (Å²) >= 11 is 5.88. The highest BCUT2D eigenvalue weighted by atomic mass is 35.5. The van der Waals surface area contributed by atoms with Crippen molar-refractivity contribution >= 4 is 17.3 Å². The lowest BCUT2D eigenvalue weighted by Gasteiger charge is -2.14. The first-order valence-corrected chi connectivity index (χ1v) is 8.74. The van der Waals surface area contributed by atoms with Gasteiger partial charge >= 0.3 is 6.18 Å². The van der Waals surface area contributed by atoms with E-state index in [1.165, 1.54) is 10.6 Å². The van der Waals surface area contributed by atoms with Gasteiger partial charge in [-0.3, -0.25) is 4.79 Å². The molecule has 0 saturated carbocycles. The van der Waals surface area contributed by atoms with Crippen molar-refractivity contribution < 1.29 is 17.7 Å². The summed E-state index contributed by atoms with van der Waals surface area (Å²) in [6.45, 7) is 2.29. The molecule has 2 aromatic heterocycles. The Labute approximate surface area is 163 Å². The van der Waals surface area contributed by atoms with Crippen molar-refractivity contribution in [3.05, 3.63) is 68.9 Å². The lowest BCUT2D eigenvalue weighted by molar-refractivity contribution is -0.115. The number of alkyl halides is 3. The highest BCUT2D eigenvalue weighted by Crippen LogP contribution is 2.28. The van der Waals surface area contributed by atoms with E-state index >= 15 is 0 Å². The minimum absolute atomic E-state index is 0.149. The van der Waals surface area contributed by atoms with Gasteiger partial charge in [-0.05, 0) is 37.6 Å². The van der Waals surface area contributed by atoms with Crippen molar-refractivity contribution in [3.8, 4) is 11.1 Å². The molecule has 1 aromatic carbocycles. The number of aromatic nitrogens is 2. The number of benzene rings is 1. The van der Waals surface area contributed by atoms with Gasteiger partial charge in [-0.1, -0.05) is 28.9 Å². The van der Waals surface area contributed by atoms with Crippen molar-refractivity contribution in [2.75, 3.05) is 11.9 Å². The lowest BCUT2D eigenvalue weighted by atomic mass is 10.1. The van der Waals surface area contributed by atoms with Crippen LogP contribution in [0.25, 0.3) is 11.1 Å². The molecule has 0 saturated heterocycles. The highest BCUT2D eigenvalue weighted by molar-refractivity contribution is 6.30. The number of hydrogen-bond donors (Lipinski definition) is 1. The van der Waals surface area contributed by atoms with Crippen molar-refractivity contribution in [1.29, 1.82) is 0 Å². The number of nitrogens with zero attached hydrogens (tertiary/aromatic N) is 2. The average Bonchev–Trinajstić information content (AvgIpc) is 2.95. The fraction of sp³-hybridized carbons (Fsp3) is 0.263. The largest absolute Gasteiger partial charge is 0.405 e. The minimum Gasteiger partial charge on any atom is -0.372 e. The van der Waals surface area contributed by atoms with Gasteiger partial charge in [-0.15, -0.1) is 0 Å². The van der Waals surface area contributed by atoms with Crippen molar-refractivity contribution in [1.82, 2.24) is 9.72 Å². The number of aryl methyl sites for hydroxylation is 2. The van der Waals surface area contributed by atoms with Crippen LogP contribution in [-0.4, -0.2) is 22.4 Å². The molecule has 0 aliphatic heterocycles. The van der Waals surface area contributed by atoms with Crippen LogP contribution in [0.15, 0.2) is 45.8 Å². The first kappa shape index (κ1) is 20.0. The number of rotatable bonds is 5. The molecule has 2 heterocycles. The number of anilines is 1. The summed E-state index contributed by atoms with van der Waals surface area (Å²) < 4.78 is 44.5. The van der Waals surface area contributed by atoms with E-state index in [1.807, 2.05) is 0 Å². The van der Waals surface area contributed by atoms with Gasteiger partial charge in [0.2, 0.25) is 0 Å². The predicted octanol–water partition coefficient (Wildman–Crippen LogP) is 4.80. The second kappa shape index (κ2) is 7.71. The van der Waals surface area contributed by atoms with Crippen LogP contribution < -0.4 is 10.9 Å². The Morgan fingerprint density at radius 3 is 2.46 bits per heavy atom. The molecular formula is C19H17ClF3N3O2. The quantitative estimate of drug-likeness (QED) is 0.655. The maximum absolute atomic E-state index is 12.7. The number of pyridine rings is 1. The SMILES string of the molecule is Cc1noc(C)c1-c1cc(NCC(F)(F)F)c(=O)n(Cc2ccc(Cl)cc2)c1. The molecule has 9 heteroatoms. The van der Waals surface area contributed by atoms with Gasteiger partial charge in [0.1, 0.15) is 18.0 Å². The third-order valence-electron chi connectivity index (χ3n) is 4.15. The summed E-state index contributed by atoms with van der Waals surface area (Å²) in [5.41, 5.74) is 1.83. The van der Waals surface area contributed by atoms with Crippen molar-refractivity contribution in [2.24, 2.45) is 0 Å². The Kier molecular flexibility index (Phi) is 5.51. The van der Waals surface area contributed by atoms with Gasteiger partial charge < -0.3 is 14.4 Å². The summed E-state index contributed by atoms with van der Waals surface area (Å²) in [5.74, 6) is 0.510.